The molecule has 0 N–H and O–H groups in total. The van der Waals surface area contributed by atoms with Gasteiger partial charge in [0, 0.05) is 12.0 Å². The van der Waals surface area contributed by atoms with Crippen LogP contribution in [0.15, 0.2) is 23.8 Å². The van der Waals surface area contributed by atoms with Crippen LogP contribution < -0.4 is 0 Å². The standard InChI is InChI=1S/C13H14O/c1-8-4-5-11-7-12(10(3)14)9(2)13(11)6-8/h4-6H,7H2,1-3H3. The van der Waals surface area contributed by atoms with Gasteiger partial charge in [-0.2, -0.15) is 0 Å². The minimum atomic E-state index is 0.205. The zero-order chi connectivity index (χ0) is 10.3. The van der Waals surface area contributed by atoms with Gasteiger partial charge in [-0.05, 0) is 37.5 Å². The molecule has 0 unspecified atom stereocenters. The summed E-state index contributed by atoms with van der Waals surface area (Å²) < 4.78 is 0. The number of carbonyl (C=O) groups is 1. The molecule has 1 aliphatic rings. The molecule has 0 bridgehead atoms. The molecule has 0 aromatic heterocycles. The molecule has 72 valence electrons. The Kier molecular flexibility index (Phi) is 2.03. The summed E-state index contributed by atoms with van der Waals surface area (Å²) in [5.74, 6) is 0.205. The summed E-state index contributed by atoms with van der Waals surface area (Å²) in [6.07, 6.45) is 0.816. The number of hydrogen-bond acceptors (Lipinski definition) is 1. The fourth-order valence-electron chi connectivity index (χ4n) is 2.07. The fourth-order valence-corrected chi connectivity index (χ4v) is 2.07. The van der Waals surface area contributed by atoms with Gasteiger partial charge < -0.3 is 0 Å². The summed E-state index contributed by atoms with van der Waals surface area (Å²) in [6.45, 7) is 5.78. The van der Waals surface area contributed by atoms with Crippen molar-refractivity contribution in [3.63, 3.8) is 0 Å². The van der Waals surface area contributed by atoms with E-state index in [9.17, 15) is 4.79 Å². The maximum absolute atomic E-state index is 11.4. The Hall–Kier alpha value is -1.37. The molecule has 1 nitrogen and oxygen atoms in total. The predicted molar refractivity (Wildman–Crippen MR) is 58.2 cm³/mol. The van der Waals surface area contributed by atoms with E-state index >= 15 is 0 Å². The Morgan fingerprint density at radius 3 is 2.64 bits per heavy atom. The molecule has 14 heavy (non-hydrogen) atoms. The van der Waals surface area contributed by atoms with E-state index in [1.54, 1.807) is 6.92 Å². The monoisotopic (exact) mass is 186 g/mol. The molecule has 0 amide bonds. The van der Waals surface area contributed by atoms with Crippen LogP contribution in [0.2, 0.25) is 0 Å². The molecule has 0 radical (unpaired) electrons. The minimum absolute atomic E-state index is 0.205. The number of Topliss-reactive ketones (excluding diaryl/α,β-unsaturated/α-hetero) is 1. The summed E-state index contributed by atoms with van der Waals surface area (Å²) in [5.41, 5.74) is 5.95. The molecule has 0 aliphatic heterocycles. The van der Waals surface area contributed by atoms with Crippen molar-refractivity contribution in [2.45, 2.75) is 27.2 Å². The van der Waals surface area contributed by atoms with Crippen LogP contribution in [0.5, 0.6) is 0 Å². The van der Waals surface area contributed by atoms with Gasteiger partial charge in [0.2, 0.25) is 0 Å². The second kappa shape index (κ2) is 3.09. The van der Waals surface area contributed by atoms with Gasteiger partial charge in [0.05, 0.1) is 0 Å². The van der Waals surface area contributed by atoms with Gasteiger partial charge in [0.1, 0.15) is 0 Å². The normalized spacial score (nSPS) is 14.5. The molecule has 0 atom stereocenters. The molecule has 1 heteroatoms. The number of allylic oxidation sites excluding steroid dienone is 2. The average molecular weight is 186 g/mol. The average Bonchev–Trinajstić information content (AvgIpc) is 2.44. The van der Waals surface area contributed by atoms with E-state index < -0.39 is 0 Å². The maximum Gasteiger partial charge on any atom is 0.156 e. The number of hydrogen-bond donors (Lipinski definition) is 0. The predicted octanol–water partition coefficient (Wildman–Crippen LogP) is 2.91. The van der Waals surface area contributed by atoms with Crippen molar-refractivity contribution in [1.82, 2.24) is 0 Å². The highest BCUT2D eigenvalue weighted by Crippen LogP contribution is 2.33. The Morgan fingerprint density at radius 1 is 1.29 bits per heavy atom. The lowest BCUT2D eigenvalue weighted by Crippen LogP contribution is -1.96. The van der Waals surface area contributed by atoms with Crippen LogP contribution in [-0.2, 0) is 11.2 Å². The SMILES string of the molecule is CC(=O)C1=C(C)c2cc(C)ccc2C1. The van der Waals surface area contributed by atoms with E-state index in [0.717, 1.165) is 17.6 Å². The summed E-state index contributed by atoms with van der Waals surface area (Å²) in [5, 5.41) is 0. The number of benzene rings is 1. The van der Waals surface area contributed by atoms with Gasteiger partial charge in [-0.25, -0.2) is 0 Å². The lowest BCUT2D eigenvalue weighted by molar-refractivity contribution is -0.113. The minimum Gasteiger partial charge on any atom is -0.295 e. The second-order valence-electron chi connectivity index (χ2n) is 4.00. The number of rotatable bonds is 1. The van der Waals surface area contributed by atoms with Gasteiger partial charge in [0.25, 0.3) is 0 Å². The summed E-state index contributed by atoms with van der Waals surface area (Å²) in [4.78, 5) is 11.4. The van der Waals surface area contributed by atoms with Crippen molar-refractivity contribution in [3.8, 4) is 0 Å². The van der Waals surface area contributed by atoms with Crippen molar-refractivity contribution in [2.24, 2.45) is 0 Å². The molecule has 0 heterocycles. The highest BCUT2D eigenvalue weighted by molar-refractivity contribution is 6.03. The number of carbonyl (C=O) groups excluding carboxylic acids is 1. The van der Waals surface area contributed by atoms with Crippen molar-refractivity contribution >= 4 is 11.4 Å². The van der Waals surface area contributed by atoms with Crippen LogP contribution in [-0.4, -0.2) is 5.78 Å². The molecule has 2 rings (SSSR count). The number of ketones is 1. The van der Waals surface area contributed by atoms with Crippen LogP contribution in [0.25, 0.3) is 5.57 Å². The number of aryl methyl sites for hydroxylation is 1. The Balaban J connectivity index is 2.55. The molecule has 1 aromatic carbocycles. The van der Waals surface area contributed by atoms with E-state index in [1.807, 2.05) is 6.92 Å². The highest BCUT2D eigenvalue weighted by atomic mass is 16.1. The zero-order valence-corrected chi connectivity index (χ0v) is 8.85. The van der Waals surface area contributed by atoms with Crippen LogP contribution in [0.3, 0.4) is 0 Å². The maximum atomic E-state index is 11.4. The molecule has 0 saturated heterocycles. The van der Waals surface area contributed by atoms with E-state index in [-0.39, 0.29) is 5.78 Å². The van der Waals surface area contributed by atoms with E-state index in [2.05, 4.69) is 25.1 Å². The van der Waals surface area contributed by atoms with Crippen LogP contribution in [0.1, 0.15) is 30.5 Å². The van der Waals surface area contributed by atoms with E-state index in [4.69, 9.17) is 0 Å². The van der Waals surface area contributed by atoms with Gasteiger partial charge in [-0.15, -0.1) is 0 Å². The van der Waals surface area contributed by atoms with Gasteiger partial charge in [-0.3, -0.25) is 4.79 Å². The van der Waals surface area contributed by atoms with Crippen LogP contribution in [0, 0.1) is 6.92 Å². The van der Waals surface area contributed by atoms with Gasteiger partial charge in [-0.1, -0.05) is 23.8 Å². The fraction of sp³-hybridized carbons (Fsp3) is 0.308. The van der Waals surface area contributed by atoms with E-state index in [0.29, 0.717) is 0 Å². The Bertz CT molecular complexity index is 439. The Morgan fingerprint density at radius 2 is 2.00 bits per heavy atom. The van der Waals surface area contributed by atoms with Crippen molar-refractivity contribution in [2.75, 3.05) is 0 Å². The third-order valence-electron chi connectivity index (χ3n) is 2.91. The topological polar surface area (TPSA) is 17.1 Å². The third kappa shape index (κ3) is 1.29. The molecule has 0 fully saturated rings. The lowest BCUT2D eigenvalue weighted by Gasteiger charge is -2.01. The van der Waals surface area contributed by atoms with Gasteiger partial charge >= 0.3 is 0 Å². The molecule has 1 aliphatic carbocycles. The number of fused-ring (bicyclic) bond motifs is 1. The first-order valence-corrected chi connectivity index (χ1v) is 4.90. The molecular weight excluding hydrogens is 172 g/mol. The first-order chi connectivity index (χ1) is 6.59. The third-order valence-corrected chi connectivity index (χ3v) is 2.91. The van der Waals surface area contributed by atoms with Crippen molar-refractivity contribution in [3.05, 3.63) is 40.5 Å². The van der Waals surface area contributed by atoms with E-state index in [1.165, 1.54) is 16.7 Å². The van der Waals surface area contributed by atoms with Crippen LogP contribution >= 0.6 is 0 Å². The summed E-state index contributed by atoms with van der Waals surface area (Å²) in [7, 11) is 0. The second-order valence-corrected chi connectivity index (χ2v) is 4.00. The summed E-state index contributed by atoms with van der Waals surface area (Å²) in [6, 6.07) is 6.40. The zero-order valence-electron chi connectivity index (χ0n) is 8.85. The van der Waals surface area contributed by atoms with Gasteiger partial charge in [0.15, 0.2) is 5.78 Å². The van der Waals surface area contributed by atoms with Crippen molar-refractivity contribution < 1.29 is 4.79 Å². The van der Waals surface area contributed by atoms with Crippen molar-refractivity contribution in [1.29, 1.82) is 0 Å². The Labute approximate surface area is 84.5 Å². The summed E-state index contributed by atoms with van der Waals surface area (Å²) >= 11 is 0. The smallest absolute Gasteiger partial charge is 0.156 e. The first-order valence-electron chi connectivity index (χ1n) is 4.90. The first kappa shape index (κ1) is 9.20. The van der Waals surface area contributed by atoms with Crippen LogP contribution in [0.4, 0.5) is 0 Å². The molecule has 1 aromatic rings. The molecule has 0 saturated carbocycles. The highest BCUT2D eigenvalue weighted by Gasteiger charge is 2.20. The lowest BCUT2D eigenvalue weighted by atomic mass is 10.0. The largest absolute Gasteiger partial charge is 0.295 e. The molecule has 0 spiro atoms. The molecular formula is C13H14O. The quantitative estimate of drug-likeness (QED) is 0.659.